The van der Waals surface area contributed by atoms with Crippen LogP contribution in [0, 0.1) is 11.3 Å². The second-order valence-electron chi connectivity index (χ2n) is 4.12. The number of nitrogens with one attached hydrogen (secondary N) is 1. The van der Waals surface area contributed by atoms with Crippen LogP contribution in [-0.4, -0.2) is 23.7 Å². The highest BCUT2D eigenvalue weighted by molar-refractivity contribution is 5.97. The molecule has 0 aliphatic rings. The summed E-state index contributed by atoms with van der Waals surface area (Å²) in [6.45, 7) is 0.0330. The molecule has 5 nitrogen and oxygen atoms in total. The number of hydrogen-bond donors (Lipinski definition) is 3. The summed E-state index contributed by atoms with van der Waals surface area (Å²) < 4.78 is 0. The zero-order valence-electron chi connectivity index (χ0n) is 10.1. The largest absolute Gasteiger partial charge is 0.381 e. The molecule has 0 aliphatic heterocycles. The molecule has 0 heterocycles. The molecule has 2 rings (SSSR count). The summed E-state index contributed by atoms with van der Waals surface area (Å²) in [6, 6.07) is 13.0. The SMILES string of the molecule is N#Cc1ccc(NCC(O)C(N)=O)c2ccccc12. The molecule has 1 unspecified atom stereocenters. The van der Waals surface area contributed by atoms with Gasteiger partial charge in [-0.15, -0.1) is 0 Å². The van der Waals surface area contributed by atoms with E-state index >= 15 is 0 Å². The highest BCUT2D eigenvalue weighted by Crippen LogP contribution is 2.26. The number of nitrogens with zero attached hydrogens (tertiary/aromatic N) is 1. The second-order valence-corrected chi connectivity index (χ2v) is 4.12. The molecule has 96 valence electrons. The van der Waals surface area contributed by atoms with Crippen LogP contribution in [-0.2, 0) is 4.79 Å². The summed E-state index contributed by atoms with van der Waals surface area (Å²) >= 11 is 0. The van der Waals surface area contributed by atoms with Crippen LogP contribution in [0.15, 0.2) is 36.4 Å². The van der Waals surface area contributed by atoms with Gasteiger partial charge in [-0.1, -0.05) is 24.3 Å². The Bertz CT molecular complexity index is 661. The molecule has 0 aliphatic carbocycles. The van der Waals surface area contributed by atoms with Gasteiger partial charge >= 0.3 is 0 Å². The molecule has 0 aromatic heterocycles. The van der Waals surface area contributed by atoms with Gasteiger partial charge in [0.2, 0.25) is 5.91 Å². The molecule has 0 radical (unpaired) electrons. The number of nitrogens with two attached hydrogens (primary N) is 1. The Balaban J connectivity index is 2.35. The number of aliphatic hydroxyl groups is 1. The lowest BCUT2D eigenvalue weighted by atomic mass is 10.0. The molecular weight excluding hydrogens is 242 g/mol. The highest BCUT2D eigenvalue weighted by atomic mass is 16.3. The van der Waals surface area contributed by atoms with Crippen LogP contribution in [0.25, 0.3) is 10.8 Å². The maximum absolute atomic E-state index is 10.8. The first-order valence-electron chi connectivity index (χ1n) is 5.76. The Kier molecular flexibility index (Phi) is 3.64. The molecule has 0 saturated carbocycles. The molecule has 1 atom stereocenters. The molecule has 0 saturated heterocycles. The Hall–Kier alpha value is -2.58. The lowest BCUT2D eigenvalue weighted by Gasteiger charge is -2.12. The lowest BCUT2D eigenvalue weighted by Crippen LogP contribution is -2.34. The van der Waals surface area contributed by atoms with Gasteiger partial charge in [-0.3, -0.25) is 4.79 Å². The minimum Gasteiger partial charge on any atom is -0.381 e. The summed E-state index contributed by atoms with van der Waals surface area (Å²) in [6.07, 6.45) is -1.24. The average Bonchev–Trinajstić information content (AvgIpc) is 2.44. The van der Waals surface area contributed by atoms with Crippen molar-refractivity contribution in [3.8, 4) is 6.07 Å². The van der Waals surface area contributed by atoms with Crippen molar-refractivity contribution in [3.05, 3.63) is 42.0 Å². The van der Waals surface area contributed by atoms with E-state index in [0.717, 1.165) is 16.5 Å². The van der Waals surface area contributed by atoms with Crippen molar-refractivity contribution in [1.82, 2.24) is 0 Å². The topological polar surface area (TPSA) is 99.1 Å². The lowest BCUT2D eigenvalue weighted by molar-refractivity contribution is -0.125. The Morgan fingerprint density at radius 1 is 1.32 bits per heavy atom. The van der Waals surface area contributed by atoms with Gasteiger partial charge in [-0.05, 0) is 12.1 Å². The van der Waals surface area contributed by atoms with Crippen molar-refractivity contribution in [2.24, 2.45) is 5.73 Å². The van der Waals surface area contributed by atoms with E-state index in [9.17, 15) is 9.90 Å². The third-order valence-corrected chi connectivity index (χ3v) is 2.86. The first-order chi connectivity index (χ1) is 9.13. The molecule has 0 fully saturated rings. The number of fused-ring (bicyclic) bond motifs is 1. The zero-order valence-corrected chi connectivity index (χ0v) is 10.1. The summed E-state index contributed by atoms with van der Waals surface area (Å²) in [5, 5.41) is 23.1. The van der Waals surface area contributed by atoms with E-state index in [1.807, 2.05) is 24.3 Å². The number of anilines is 1. The molecule has 1 amide bonds. The quantitative estimate of drug-likeness (QED) is 0.758. The van der Waals surface area contributed by atoms with Crippen molar-refractivity contribution in [1.29, 1.82) is 5.26 Å². The number of rotatable bonds is 4. The number of primary amides is 1. The molecule has 0 bridgehead atoms. The highest BCUT2D eigenvalue weighted by Gasteiger charge is 2.11. The maximum Gasteiger partial charge on any atom is 0.248 e. The standard InChI is InChI=1S/C14H13N3O2/c15-7-9-5-6-12(17-8-13(18)14(16)19)11-4-2-1-3-10(9)11/h1-6,13,17-18H,8H2,(H2,16,19). The first kappa shape index (κ1) is 12.9. The Morgan fingerprint density at radius 3 is 2.63 bits per heavy atom. The molecule has 4 N–H and O–H groups in total. The molecule has 2 aromatic carbocycles. The van der Waals surface area contributed by atoms with E-state index in [0.29, 0.717) is 5.56 Å². The third-order valence-electron chi connectivity index (χ3n) is 2.86. The van der Waals surface area contributed by atoms with E-state index in [4.69, 9.17) is 11.0 Å². The van der Waals surface area contributed by atoms with E-state index < -0.39 is 12.0 Å². The summed E-state index contributed by atoms with van der Waals surface area (Å²) in [7, 11) is 0. The van der Waals surface area contributed by atoms with Gasteiger partial charge in [0, 0.05) is 23.0 Å². The van der Waals surface area contributed by atoms with Gasteiger partial charge in [-0.2, -0.15) is 5.26 Å². The van der Waals surface area contributed by atoms with Crippen LogP contribution in [0.4, 0.5) is 5.69 Å². The second kappa shape index (κ2) is 5.38. The van der Waals surface area contributed by atoms with Crippen molar-refractivity contribution in [3.63, 3.8) is 0 Å². The van der Waals surface area contributed by atoms with Gasteiger partial charge in [0.1, 0.15) is 6.10 Å². The van der Waals surface area contributed by atoms with E-state index in [2.05, 4.69) is 11.4 Å². The number of benzene rings is 2. The van der Waals surface area contributed by atoms with Crippen LogP contribution in [0.1, 0.15) is 5.56 Å². The molecule has 5 heteroatoms. The molecule has 19 heavy (non-hydrogen) atoms. The van der Waals surface area contributed by atoms with Gasteiger partial charge < -0.3 is 16.2 Å². The van der Waals surface area contributed by atoms with Crippen LogP contribution in [0.2, 0.25) is 0 Å². The average molecular weight is 255 g/mol. The minimum absolute atomic E-state index is 0.0330. The van der Waals surface area contributed by atoms with Gasteiger partial charge in [0.05, 0.1) is 11.6 Å². The predicted octanol–water partition coefficient (Wildman–Crippen LogP) is 0.970. The monoisotopic (exact) mass is 255 g/mol. The smallest absolute Gasteiger partial charge is 0.248 e. The van der Waals surface area contributed by atoms with E-state index in [-0.39, 0.29) is 6.54 Å². The van der Waals surface area contributed by atoms with Crippen molar-refractivity contribution < 1.29 is 9.90 Å². The summed E-state index contributed by atoms with van der Waals surface area (Å²) in [5.41, 5.74) is 6.31. The molecule has 0 spiro atoms. The van der Waals surface area contributed by atoms with Gasteiger partial charge in [0.25, 0.3) is 0 Å². The van der Waals surface area contributed by atoms with Gasteiger partial charge in [0.15, 0.2) is 0 Å². The molecular formula is C14H13N3O2. The fourth-order valence-corrected chi connectivity index (χ4v) is 1.86. The van der Waals surface area contributed by atoms with E-state index in [1.165, 1.54) is 0 Å². The third kappa shape index (κ3) is 2.64. The van der Waals surface area contributed by atoms with Crippen molar-refractivity contribution in [2.75, 3.05) is 11.9 Å². The number of hydrogen-bond acceptors (Lipinski definition) is 4. The number of amides is 1. The number of carbonyl (C=O) groups is 1. The number of carbonyl (C=O) groups excluding carboxylic acids is 1. The van der Waals surface area contributed by atoms with Crippen LogP contribution in [0.5, 0.6) is 0 Å². The molecule has 2 aromatic rings. The van der Waals surface area contributed by atoms with Crippen LogP contribution in [0.3, 0.4) is 0 Å². The van der Waals surface area contributed by atoms with Crippen LogP contribution < -0.4 is 11.1 Å². The maximum atomic E-state index is 10.8. The zero-order chi connectivity index (χ0) is 13.8. The Labute approximate surface area is 110 Å². The van der Waals surface area contributed by atoms with Crippen molar-refractivity contribution >= 4 is 22.4 Å². The fourth-order valence-electron chi connectivity index (χ4n) is 1.86. The minimum atomic E-state index is -1.24. The Morgan fingerprint density at radius 2 is 2.00 bits per heavy atom. The van der Waals surface area contributed by atoms with E-state index in [1.54, 1.807) is 12.1 Å². The van der Waals surface area contributed by atoms with Crippen LogP contribution >= 0.6 is 0 Å². The number of aliphatic hydroxyl groups excluding tert-OH is 1. The first-order valence-corrected chi connectivity index (χ1v) is 5.76. The van der Waals surface area contributed by atoms with Crippen molar-refractivity contribution in [2.45, 2.75) is 6.10 Å². The normalized spacial score (nSPS) is 11.8. The number of nitriles is 1. The van der Waals surface area contributed by atoms with Gasteiger partial charge in [-0.25, -0.2) is 0 Å². The summed E-state index contributed by atoms with van der Waals surface area (Å²) in [4.78, 5) is 10.8. The summed E-state index contributed by atoms with van der Waals surface area (Å²) in [5.74, 6) is -0.773. The predicted molar refractivity (Wildman–Crippen MR) is 72.4 cm³/mol. The fraction of sp³-hybridized carbons (Fsp3) is 0.143.